The highest BCUT2D eigenvalue weighted by Crippen LogP contribution is 2.37. The Morgan fingerprint density at radius 2 is 1.50 bits per heavy atom. The van der Waals surface area contributed by atoms with Crippen LogP contribution in [0.3, 0.4) is 0 Å². The van der Waals surface area contributed by atoms with Crippen molar-refractivity contribution in [1.29, 1.82) is 0 Å². The molecule has 0 aromatic heterocycles. The number of nitrogens with zero attached hydrogens (tertiary/aromatic N) is 1. The van der Waals surface area contributed by atoms with Gasteiger partial charge in [0, 0.05) is 25.0 Å². The second-order valence-electron chi connectivity index (χ2n) is 9.52. The van der Waals surface area contributed by atoms with Crippen molar-refractivity contribution >= 4 is 18.8 Å². The van der Waals surface area contributed by atoms with Crippen molar-refractivity contribution in [2.24, 2.45) is 0 Å². The summed E-state index contributed by atoms with van der Waals surface area (Å²) in [5.41, 5.74) is 2.32. The molecule has 1 aliphatic heterocycles. The van der Waals surface area contributed by atoms with Crippen molar-refractivity contribution in [1.82, 2.24) is 10.2 Å². The van der Waals surface area contributed by atoms with E-state index in [1.807, 2.05) is 36.4 Å². The van der Waals surface area contributed by atoms with Crippen LogP contribution in [0.2, 0.25) is 0 Å². The second-order valence-corrected chi connectivity index (χ2v) is 9.52. The summed E-state index contributed by atoms with van der Waals surface area (Å²) in [6.45, 7) is 3.24. The lowest BCUT2D eigenvalue weighted by atomic mass is 9.71. The Morgan fingerprint density at radius 1 is 0.944 bits per heavy atom. The van der Waals surface area contributed by atoms with Crippen molar-refractivity contribution in [2.75, 3.05) is 33.3 Å². The van der Waals surface area contributed by atoms with Crippen LogP contribution in [0.1, 0.15) is 42.4 Å². The Kier molecular flexibility index (Phi) is 9.94. The number of hydrogen-bond donors (Lipinski definition) is 2. The Morgan fingerprint density at radius 3 is 2.00 bits per heavy atom. The SMILES string of the molecule is COc1ccc(C2(O)CCN(CCCC(CNC=O)(c3ccccc3)c3ccccc3)CC2)cc1.Cl. The first-order chi connectivity index (χ1) is 17.1. The Bertz CT molecular complexity index is 1010. The molecular weight excluding hydrogens is 472 g/mol. The van der Waals surface area contributed by atoms with Gasteiger partial charge in [-0.1, -0.05) is 72.8 Å². The summed E-state index contributed by atoms with van der Waals surface area (Å²) >= 11 is 0. The number of benzene rings is 3. The smallest absolute Gasteiger partial charge is 0.207 e. The number of likely N-dealkylation sites (tertiary alicyclic amines) is 1. The number of carbonyl (C=O) groups is 1. The molecule has 6 heteroatoms. The van der Waals surface area contributed by atoms with E-state index in [1.165, 1.54) is 11.1 Å². The highest BCUT2D eigenvalue weighted by atomic mass is 35.5. The summed E-state index contributed by atoms with van der Waals surface area (Å²) in [6, 6.07) is 28.8. The molecule has 1 heterocycles. The molecule has 0 unspecified atom stereocenters. The summed E-state index contributed by atoms with van der Waals surface area (Å²) in [6.07, 6.45) is 4.14. The number of nitrogens with one attached hydrogen (secondary N) is 1. The lowest BCUT2D eigenvalue weighted by Gasteiger charge is -2.40. The number of rotatable bonds is 11. The Labute approximate surface area is 220 Å². The molecular formula is C30H37ClN2O3. The second kappa shape index (κ2) is 12.9. The molecule has 5 nitrogen and oxygen atoms in total. The average Bonchev–Trinajstić information content (AvgIpc) is 2.93. The van der Waals surface area contributed by atoms with Gasteiger partial charge >= 0.3 is 0 Å². The minimum Gasteiger partial charge on any atom is -0.497 e. The molecule has 1 amide bonds. The van der Waals surface area contributed by atoms with E-state index in [1.54, 1.807) is 7.11 Å². The molecule has 2 N–H and O–H groups in total. The fraction of sp³-hybridized carbons (Fsp3) is 0.367. The highest BCUT2D eigenvalue weighted by Gasteiger charge is 2.36. The van der Waals surface area contributed by atoms with Gasteiger partial charge in [0.15, 0.2) is 0 Å². The van der Waals surface area contributed by atoms with Crippen LogP contribution in [0.15, 0.2) is 84.9 Å². The maximum atomic E-state index is 11.3. The molecule has 1 fully saturated rings. The first-order valence-electron chi connectivity index (χ1n) is 12.5. The lowest BCUT2D eigenvalue weighted by Crippen LogP contribution is -2.44. The molecule has 3 aromatic carbocycles. The molecule has 1 saturated heterocycles. The molecule has 0 aliphatic carbocycles. The minimum absolute atomic E-state index is 0. The maximum Gasteiger partial charge on any atom is 0.207 e. The van der Waals surface area contributed by atoms with E-state index in [-0.39, 0.29) is 17.8 Å². The molecule has 192 valence electrons. The van der Waals surface area contributed by atoms with Crippen LogP contribution in [-0.4, -0.2) is 49.7 Å². The number of methoxy groups -OCH3 is 1. The molecule has 0 atom stereocenters. The van der Waals surface area contributed by atoms with Crippen LogP contribution in [0.5, 0.6) is 5.75 Å². The van der Waals surface area contributed by atoms with E-state index in [0.717, 1.165) is 50.2 Å². The van der Waals surface area contributed by atoms with Crippen LogP contribution in [0, 0.1) is 0 Å². The zero-order valence-corrected chi connectivity index (χ0v) is 21.8. The molecule has 4 rings (SSSR count). The standard InChI is InChI=1S/C30H36N2O3.ClH/c1-35-28-15-13-27(14-16-28)30(34)18-21-32(22-19-30)20-8-17-29(23-31-24-33,25-9-4-2-5-10-25)26-11-6-3-7-12-26;/h2-7,9-16,24,34H,8,17-23H2,1H3,(H,31,33);1H. The van der Waals surface area contributed by atoms with Gasteiger partial charge in [-0.25, -0.2) is 0 Å². The van der Waals surface area contributed by atoms with Gasteiger partial charge in [0.2, 0.25) is 6.41 Å². The van der Waals surface area contributed by atoms with E-state index in [4.69, 9.17) is 4.74 Å². The zero-order chi connectivity index (χ0) is 24.6. The van der Waals surface area contributed by atoms with Gasteiger partial charge < -0.3 is 20.1 Å². The number of amides is 1. The Hall–Kier alpha value is -2.86. The summed E-state index contributed by atoms with van der Waals surface area (Å²) in [5.74, 6) is 0.805. The first kappa shape index (κ1) is 27.7. The number of carbonyl (C=O) groups excluding carboxylic acids is 1. The van der Waals surface area contributed by atoms with E-state index in [9.17, 15) is 9.90 Å². The number of aliphatic hydroxyl groups is 1. The summed E-state index contributed by atoms with van der Waals surface area (Å²) in [4.78, 5) is 13.7. The average molecular weight is 509 g/mol. The van der Waals surface area contributed by atoms with Gasteiger partial charge in [-0.05, 0) is 61.1 Å². The first-order valence-corrected chi connectivity index (χ1v) is 12.5. The van der Waals surface area contributed by atoms with Crippen LogP contribution in [0.4, 0.5) is 0 Å². The van der Waals surface area contributed by atoms with Gasteiger partial charge in [0.25, 0.3) is 0 Å². The molecule has 36 heavy (non-hydrogen) atoms. The van der Waals surface area contributed by atoms with E-state index in [2.05, 4.69) is 58.7 Å². The molecule has 0 spiro atoms. The van der Waals surface area contributed by atoms with Crippen molar-refractivity contribution in [2.45, 2.75) is 36.7 Å². The van der Waals surface area contributed by atoms with Crippen LogP contribution < -0.4 is 10.1 Å². The summed E-state index contributed by atoms with van der Waals surface area (Å²) < 4.78 is 5.25. The molecule has 1 aliphatic rings. The van der Waals surface area contributed by atoms with E-state index >= 15 is 0 Å². The topological polar surface area (TPSA) is 61.8 Å². The fourth-order valence-electron chi connectivity index (χ4n) is 5.42. The number of hydrogen-bond acceptors (Lipinski definition) is 4. The third-order valence-electron chi connectivity index (χ3n) is 7.53. The number of piperidine rings is 1. The molecule has 0 radical (unpaired) electrons. The van der Waals surface area contributed by atoms with Gasteiger partial charge in [-0.2, -0.15) is 0 Å². The predicted octanol–water partition coefficient (Wildman–Crippen LogP) is 4.91. The monoisotopic (exact) mass is 508 g/mol. The third-order valence-corrected chi connectivity index (χ3v) is 7.53. The normalized spacial score (nSPS) is 15.5. The van der Waals surface area contributed by atoms with Crippen LogP contribution in [0.25, 0.3) is 0 Å². The van der Waals surface area contributed by atoms with Crippen LogP contribution in [-0.2, 0) is 15.8 Å². The quantitative estimate of drug-likeness (QED) is 0.361. The van der Waals surface area contributed by atoms with Crippen molar-refractivity contribution in [3.63, 3.8) is 0 Å². The molecule has 0 bridgehead atoms. The fourth-order valence-corrected chi connectivity index (χ4v) is 5.42. The predicted molar refractivity (Wildman–Crippen MR) is 147 cm³/mol. The zero-order valence-electron chi connectivity index (χ0n) is 20.9. The minimum atomic E-state index is -0.783. The molecule has 0 saturated carbocycles. The van der Waals surface area contributed by atoms with Crippen molar-refractivity contribution in [3.8, 4) is 5.75 Å². The third kappa shape index (κ3) is 6.28. The number of ether oxygens (including phenoxy) is 1. The van der Waals surface area contributed by atoms with Gasteiger partial charge in [-0.15, -0.1) is 12.4 Å². The molecule has 3 aromatic rings. The lowest BCUT2D eigenvalue weighted by molar-refractivity contribution is -0.109. The summed E-state index contributed by atoms with van der Waals surface area (Å²) in [5, 5.41) is 14.2. The van der Waals surface area contributed by atoms with E-state index in [0.29, 0.717) is 19.4 Å². The largest absolute Gasteiger partial charge is 0.497 e. The van der Waals surface area contributed by atoms with Crippen molar-refractivity contribution < 1.29 is 14.6 Å². The highest BCUT2D eigenvalue weighted by molar-refractivity contribution is 5.85. The van der Waals surface area contributed by atoms with Crippen molar-refractivity contribution in [3.05, 3.63) is 102 Å². The van der Waals surface area contributed by atoms with Gasteiger partial charge in [-0.3, -0.25) is 4.79 Å². The number of halogens is 1. The Balaban J connectivity index is 0.00000361. The maximum absolute atomic E-state index is 11.3. The van der Waals surface area contributed by atoms with E-state index < -0.39 is 5.60 Å². The van der Waals surface area contributed by atoms with Gasteiger partial charge in [0.05, 0.1) is 12.7 Å². The van der Waals surface area contributed by atoms with Crippen LogP contribution >= 0.6 is 12.4 Å². The van der Waals surface area contributed by atoms with Gasteiger partial charge in [0.1, 0.15) is 5.75 Å². The summed E-state index contributed by atoms with van der Waals surface area (Å²) in [7, 11) is 1.65.